The zero-order valence-electron chi connectivity index (χ0n) is 18.5. The van der Waals surface area contributed by atoms with Crippen molar-refractivity contribution in [3.05, 3.63) is 47.8 Å². The topological polar surface area (TPSA) is 75.8 Å². The molecule has 2 aliphatic heterocycles. The van der Waals surface area contributed by atoms with E-state index in [0.29, 0.717) is 24.6 Å². The van der Waals surface area contributed by atoms with Crippen molar-refractivity contribution >= 4 is 39.4 Å². The molecule has 4 heterocycles. The van der Waals surface area contributed by atoms with E-state index in [4.69, 9.17) is 14.8 Å². The molecule has 1 atom stereocenters. The molecule has 0 bridgehead atoms. The molecule has 0 aliphatic carbocycles. The number of benzene rings is 1. The summed E-state index contributed by atoms with van der Waals surface area (Å²) in [5.74, 6) is 1.27. The van der Waals surface area contributed by atoms with E-state index < -0.39 is 11.0 Å². The second-order valence-electron chi connectivity index (χ2n) is 8.09. The van der Waals surface area contributed by atoms with Gasteiger partial charge in [-0.1, -0.05) is 36.8 Å². The molecule has 8 nitrogen and oxygen atoms in total. The lowest BCUT2D eigenvalue weighted by Crippen LogP contribution is -2.36. The van der Waals surface area contributed by atoms with E-state index in [1.807, 2.05) is 11.9 Å². The summed E-state index contributed by atoms with van der Waals surface area (Å²) in [7, 11) is -1.21. The number of hydrogen-bond donors (Lipinski definition) is 0. The molecule has 0 saturated carbocycles. The molecule has 1 unspecified atom stereocenters. The molecular formula is C23H28N6O2S. The van der Waals surface area contributed by atoms with Crippen LogP contribution in [0.2, 0.25) is 0 Å². The molecular weight excluding hydrogens is 424 g/mol. The van der Waals surface area contributed by atoms with Gasteiger partial charge in [0.05, 0.1) is 24.6 Å². The van der Waals surface area contributed by atoms with Crippen molar-refractivity contribution < 1.29 is 8.95 Å². The maximum atomic E-state index is 12.7. The van der Waals surface area contributed by atoms with Crippen LogP contribution in [-0.4, -0.2) is 62.5 Å². The predicted octanol–water partition coefficient (Wildman–Crippen LogP) is 3.11. The van der Waals surface area contributed by atoms with Crippen molar-refractivity contribution in [1.82, 2.24) is 13.9 Å². The molecule has 168 valence electrons. The molecule has 0 spiro atoms. The lowest BCUT2D eigenvalue weighted by Gasteiger charge is -2.30. The summed E-state index contributed by atoms with van der Waals surface area (Å²) in [6.07, 6.45) is 3.58. The Labute approximate surface area is 190 Å². The molecule has 0 N–H and O–H groups in total. The number of ether oxygens (including phenoxy) is 1. The minimum Gasteiger partial charge on any atom is -0.378 e. The summed E-state index contributed by atoms with van der Waals surface area (Å²) in [6.45, 7) is 7.74. The van der Waals surface area contributed by atoms with Crippen molar-refractivity contribution in [2.24, 2.45) is 5.10 Å². The van der Waals surface area contributed by atoms with E-state index in [9.17, 15) is 4.21 Å². The Balaban J connectivity index is 1.61. The van der Waals surface area contributed by atoms with Crippen LogP contribution in [0.15, 0.2) is 41.8 Å². The summed E-state index contributed by atoms with van der Waals surface area (Å²) < 4.78 is 19.9. The summed E-state index contributed by atoms with van der Waals surface area (Å²) >= 11 is 0. The minimum atomic E-state index is -1.21. The molecule has 0 radical (unpaired) electrons. The highest BCUT2D eigenvalue weighted by atomic mass is 32.2. The van der Waals surface area contributed by atoms with Crippen molar-refractivity contribution in [2.45, 2.75) is 26.7 Å². The molecule has 1 aromatic carbocycles. The average molecular weight is 453 g/mol. The highest BCUT2D eigenvalue weighted by molar-refractivity contribution is 7.83. The number of anilines is 2. The van der Waals surface area contributed by atoms with Crippen molar-refractivity contribution in [2.75, 3.05) is 48.5 Å². The first-order chi connectivity index (χ1) is 15.6. The van der Waals surface area contributed by atoms with Gasteiger partial charge < -0.3 is 9.64 Å². The SMILES string of the molecule is CCS(=O)n1cnc2c(N3CCOCC3)cc(N3CCCC(c4cccc(C)c4)=N3)nc21. The van der Waals surface area contributed by atoms with Gasteiger partial charge in [-0.05, 0) is 25.3 Å². The van der Waals surface area contributed by atoms with Crippen LogP contribution in [0.1, 0.15) is 30.9 Å². The molecule has 2 aliphatic rings. The number of hydrogen-bond acceptors (Lipinski definition) is 7. The van der Waals surface area contributed by atoms with Crippen molar-refractivity contribution in [3.8, 4) is 0 Å². The highest BCUT2D eigenvalue weighted by Gasteiger charge is 2.23. The number of aromatic nitrogens is 3. The lowest BCUT2D eigenvalue weighted by atomic mass is 10.0. The van der Waals surface area contributed by atoms with E-state index in [1.165, 1.54) is 5.56 Å². The van der Waals surface area contributed by atoms with E-state index in [-0.39, 0.29) is 0 Å². The van der Waals surface area contributed by atoms with Gasteiger partial charge >= 0.3 is 0 Å². The fourth-order valence-corrected chi connectivity index (χ4v) is 4.99. The van der Waals surface area contributed by atoms with Crippen LogP contribution in [0.25, 0.3) is 11.2 Å². The number of imidazole rings is 1. The third-order valence-corrected chi connectivity index (χ3v) is 7.10. The first kappa shape index (κ1) is 21.1. The normalized spacial score (nSPS) is 18.1. The Bertz CT molecular complexity index is 1180. The summed E-state index contributed by atoms with van der Waals surface area (Å²) in [4.78, 5) is 11.8. The first-order valence-electron chi connectivity index (χ1n) is 11.2. The third kappa shape index (κ3) is 4.02. The van der Waals surface area contributed by atoms with Crippen LogP contribution >= 0.6 is 0 Å². The number of rotatable bonds is 5. The maximum Gasteiger partial charge on any atom is 0.176 e. The Morgan fingerprint density at radius 1 is 1.16 bits per heavy atom. The molecule has 1 fully saturated rings. The standard InChI is InChI=1S/C23H28N6O2S/c1-3-32(30)29-16-24-22-20(27-10-12-31-13-11-27)15-21(25-23(22)29)28-9-5-8-19(26-28)18-7-4-6-17(2)14-18/h4,6-7,14-16H,3,5,8-13H2,1-2H3. The summed E-state index contributed by atoms with van der Waals surface area (Å²) in [5.41, 5.74) is 5.86. The van der Waals surface area contributed by atoms with Gasteiger partial charge in [-0.25, -0.2) is 23.2 Å². The zero-order valence-corrected chi connectivity index (χ0v) is 19.3. The number of nitrogens with zero attached hydrogens (tertiary/aromatic N) is 6. The molecule has 2 aromatic heterocycles. The third-order valence-electron chi connectivity index (χ3n) is 5.90. The smallest absolute Gasteiger partial charge is 0.176 e. The minimum absolute atomic E-state index is 0.504. The molecule has 0 amide bonds. The van der Waals surface area contributed by atoms with Gasteiger partial charge in [0.25, 0.3) is 0 Å². The van der Waals surface area contributed by atoms with Gasteiger partial charge in [-0.2, -0.15) is 5.10 Å². The van der Waals surface area contributed by atoms with Crippen molar-refractivity contribution in [3.63, 3.8) is 0 Å². The van der Waals surface area contributed by atoms with Gasteiger partial charge in [0.1, 0.15) is 22.8 Å². The fraction of sp³-hybridized carbons (Fsp3) is 0.435. The molecule has 32 heavy (non-hydrogen) atoms. The number of fused-ring (bicyclic) bond motifs is 1. The number of hydrazone groups is 1. The monoisotopic (exact) mass is 452 g/mol. The van der Waals surface area contributed by atoms with Crippen LogP contribution in [0.3, 0.4) is 0 Å². The lowest BCUT2D eigenvalue weighted by molar-refractivity contribution is 0.123. The van der Waals surface area contributed by atoms with E-state index in [0.717, 1.165) is 60.8 Å². The van der Waals surface area contributed by atoms with Gasteiger partial charge in [-0.15, -0.1) is 0 Å². The molecule has 3 aromatic rings. The first-order valence-corrected chi connectivity index (χ1v) is 12.4. The van der Waals surface area contributed by atoms with E-state index in [1.54, 1.807) is 10.3 Å². The van der Waals surface area contributed by atoms with Gasteiger partial charge in [0, 0.05) is 31.5 Å². The Kier molecular flexibility index (Phi) is 5.93. The fourth-order valence-electron chi connectivity index (χ4n) is 4.24. The summed E-state index contributed by atoms with van der Waals surface area (Å²) in [5, 5.41) is 6.96. The van der Waals surface area contributed by atoms with Crippen LogP contribution in [0.5, 0.6) is 0 Å². The van der Waals surface area contributed by atoms with Crippen LogP contribution in [-0.2, 0) is 15.7 Å². The number of pyridine rings is 1. The number of morpholine rings is 1. The Morgan fingerprint density at radius 3 is 2.78 bits per heavy atom. The quantitative estimate of drug-likeness (QED) is 0.592. The van der Waals surface area contributed by atoms with E-state index in [2.05, 4.69) is 47.1 Å². The van der Waals surface area contributed by atoms with Crippen LogP contribution in [0, 0.1) is 6.92 Å². The summed E-state index contributed by atoms with van der Waals surface area (Å²) in [6, 6.07) is 10.5. The Morgan fingerprint density at radius 2 is 2.00 bits per heavy atom. The molecule has 9 heteroatoms. The van der Waals surface area contributed by atoms with Crippen molar-refractivity contribution in [1.29, 1.82) is 0 Å². The molecule has 5 rings (SSSR count). The second-order valence-corrected chi connectivity index (χ2v) is 9.71. The Hall–Kier alpha value is -2.78. The number of aryl methyl sites for hydroxylation is 1. The van der Waals surface area contributed by atoms with Gasteiger partial charge in [0.15, 0.2) is 11.5 Å². The molecule has 1 saturated heterocycles. The average Bonchev–Trinajstić information content (AvgIpc) is 3.28. The van der Waals surface area contributed by atoms with E-state index >= 15 is 0 Å². The van der Waals surface area contributed by atoms with Gasteiger partial charge in [0.2, 0.25) is 0 Å². The predicted molar refractivity (Wildman–Crippen MR) is 129 cm³/mol. The maximum absolute atomic E-state index is 12.7. The zero-order chi connectivity index (χ0) is 22.1. The second kappa shape index (κ2) is 8.99. The largest absolute Gasteiger partial charge is 0.378 e. The highest BCUT2D eigenvalue weighted by Crippen LogP contribution is 2.31. The van der Waals surface area contributed by atoms with Crippen LogP contribution in [0.4, 0.5) is 11.5 Å². The van der Waals surface area contributed by atoms with Crippen LogP contribution < -0.4 is 9.91 Å². The van der Waals surface area contributed by atoms with Gasteiger partial charge in [-0.3, -0.25) is 0 Å².